The maximum absolute atomic E-state index is 13.4. The fourth-order valence-corrected chi connectivity index (χ4v) is 3.13. The minimum Gasteiger partial charge on any atom is -0.394 e. The molecule has 150 valence electrons. The van der Waals surface area contributed by atoms with Gasteiger partial charge in [0, 0.05) is 5.39 Å². The molecule has 1 atom stereocenters. The van der Waals surface area contributed by atoms with E-state index >= 15 is 0 Å². The van der Waals surface area contributed by atoms with Gasteiger partial charge in [-0.05, 0) is 35.4 Å². The van der Waals surface area contributed by atoms with Crippen molar-refractivity contribution >= 4 is 29.0 Å². The van der Waals surface area contributed by atoms with E-state index in [1.165, 1.54) is 18.3 Å². The Morgan fingerprint density at radius 3 is 2.73 bits per heavy atom. The Hall–Kier alpha value is -3.84. The fraction of sp³-hybridized carbons (Fsp3) is 0.0870. The van der Waals surface area contributed by atoms with Gasteiger partial charge in [0.2, 0.25) is 0 Å². The average molecular weight is 402 g/mol. The fourth-order valence-electron chi connectivity index (χ4n) is 3.13. The van der Waals surface area contributed by atoms with Gasteiger partial charge < -0.3 is 10.4 Å². The van der Waals surface area contributed by atoms with Crippen LogP contribution in [0.1, 0.15) is 33.4 Å². The Bertz CT molecular complexity index is 1200. The molecule has 4 aromatic rings. The molecular weight excluding hydrogens is 383 g/mol. The second kappa shape index (κ2) is 8.67. The number of pyridine rings is 1. The highest BCUT2D eigenvalue weighted by Crippen LogP contribution is 2.20. The molecule has 2 heterocycles. The van der Waals surface area contributed by atoms with Crippen molar-refractivity contribution in [3.05, 3.63) is 95.2 Å². The molecule has 0 aliphatic heterocycles. The van der Waals surface area contributed by atoms with Gasteiger partial charge in [0.25, 0.3) is 5.91 Å². The molecule has 0 radical (unpaired) electrons. The van der Waals surface area contributed by atoms with Crippen molar-refractivity contribution in [3.8, 4) is 0 Å². The first-order chi connectivity index (χ1) is 14.6. The van der Waals surface area contributed by atoms with Crippen LogP contribution in [0.25, 0.3) is 23.1 Å². The number of halogens is 1. The first kappa shape index (κ1) is 19.5. The third-order valence-electron chi connectivity index (χ3n) is 4.68. The van der Waals surface area contributed by atoms with E-state index in [9.17, 15) is 14.3 Å². The summed E-state index contributed by atoms with van der Waals surface area (Å²) in [5.41, 5.74) is 2.99. The number of H-pyrrole nitrogens is 1. The minimum absolute atomic E-state index is 0.207. The van der Waals surface area contributed by atoms with Crippen LogP contribution in [0.2, 0.25) is 0 Å². The van der Waals surface area contributed by atoms with Crippen molar-refractivity contribution < 1.29 is 14.3 Å². The van der Waals surface area contributed by atoms with Crippen LogP contribution in [0.4, 0.5) is 4.39 Å². The Kier molecular flexibility index (Phi) is 5.63. The second-order valence-electron chi connectivity index (χ2n) is 6.73. The van der Waals surface area contributed by atoms with Crippen molar-refractivity contribution in [1.82, 2.24) is 20.5 Å². The summed E-state index contributed by atoms with van der Waals surface area (Å²) >= 11 is 0. The number of nitrogens with one attached hydrogen (secondary N) is 2. The van der Waals surface area contributed by atoms with Crippen LogP contribution in [0.3, 0.4) is 0 Å². The van der Waals surface area contributed by atoms with Crippen molar-refractivity contribution in [2.45, 2.75) is 6.04 Å². The summed E-state index contributed by atoms with van der Waals surface area (Å²) in [5.74, 6) is -0.717. The van der Waals surface area contributed by atoms with Gasteiger partial charge in [-0.15, -0.1) is 0 Å². The van der Waals surface area contributed by atoms with Crippen LogP contribution in [-0.4, -0.2) is 32.8 Å². The van der Waals surface area contributed by atoms with Crippen molar-refractivity contribution in [1.29, 1.82) is 0 Å². The van der Waals surface area contributed by atoms with E-state index < -0.39 is 11.9 Å². The predicted octanol–water partition coefficient (Wildman–Crippen LogP) is 3.73. The molecule has 0 aliphatic carbocycles. The van der Waals surface area contributed by atoms with Gasteiger partial charge in [0.15, 0.2) is 0 Å². The zero-order valence-electron chi connectivity index (χ0n) is 15.9. The molecule has 6 nitrogen and oxygen atoms in total. The van der Waals surface area contributed by atoms with E-state index in [-0.39, 0.29) is 18.1 Å². The molecule has 3 N–H and O–H groups in total. The monoisotopic (exact) mass is 402 g/mol. The van der Waals surface area contributed by atoms with Gasteiger partial charge in [-0.3, -0.25) is 9.89 Å². The highest BCUT2D eigenvalue weighted by molar-refractivity contribution is 5.98. The second-order valence-corrected chi connectivity index (χ2v) is 6.73. The predicted molar refractivity (Wildman–Crippen MR) is 113 cm³/mol. The van der Waals surface area contributed by atoms with Crippen molar-refractivity contribution in [2.75, 3.05) is 6.61 Å². The molecule has 2 aromatic carbocycles. The summed E-state index contributed by atoms with van der Waals surface area (Å²) in [6.45, 7) is -0.231. The van der Waals surface area contributed by atoms with Gasteiger partial charge >= 0.3 is 0 Å². The molecule has 0 unspecified atom stereocenters. The first-order valence-electron chi connectivity index (χ1n) is 9.38. The lowest BCUT2D eigenvalue weighted by Gasteiger charge is -2.16. The van der Waals surface area contributed by atoms with Crippen LogP contribution in [-0.2, 0) is 0 Å². The molecule has 30 heavy (non-hydrogen) atoms. The third-order valence-corrected chi connectivity index (χ3v) is 4.68. The normalized spacial score (nSPS) is 12.3. The third kappa shape index (κ3) is 4.26. The molecule has 0 aliphatic rings. The van der Waals surface area contributed by atoms with E-state index in [1.54, 1.807) is 30.4 Å². The Labute approximate surface area is 172 Å². The number of benzene rings is 2. The summed E-state index contributed by atoms with van der Waals surface area (Å²) < 4.78 is 13.4. The minimum atomic E-state index is -0.534. The van der Waals surface area contributed by atoms with Crippen LogP contribution < -0.4 is 5.32 Å². The molecular formula is C23H19FN4O2. The van der Waals surface area contributed by atoms with E-state index in [0.29, 0.717) is 22.2 Å². The summed E-state index contributed by atoms with van der Waals surface area (Å²) in [6, 6.07) is 16.6. The zero-order chi connectivity index (χ0) is 20.9. The number of amides is 1. The summed E-state index contributed by atoms with van der Waals surface area (Å²) in [4.78, 5) is 16.9. The van der Waals surface area contributed by atoms with E-state index in [2.05, 4.69) is 20.5 Å². The van der Waals surface area contributed by atoms with Gasteiger partial charge in [0.05, 0.1) is 30.1 Å². The van der Waals surface area contributed by atoms with Crippen LogP contribution in [0.15, 0.2) is 66.9 Å². The average Bonchev–Trinajstić information content (AvgIpc) is 3.19. The SMILES string of the molecule is O=C(N[C@H](CO)c1ccccc1)c1cc2c(C=Cc3cccc(F)c3)n[nH]c2cn1. The van der Waals surface area contributed by atoms with Crippen LogP contribution in [0.5, 0.6) is 0 Å². The number of hydrogen-bond donors (Lipinski definition) is 3. The van der Waals surface area contributed by atoms with Gasteiger partial charge in [-0.2, -0.15) is 5.10 Å². The van der Waals surface area contributed by atoms with Crippen LogP contribution in [0, 0.1) is 5.82 Å². The maximum Gasteiger partial charge on any atom is 0.270 e. The number of carbonyl (C=O) groups excluding carboxylic acids is 1. The lowest BCUT2D eigenvalue weighted by atomic mass is 10.1. The van der Waals surface area contributed by atoms with Crippen molar-refractivity contribution in [2.24, 2.45) is 0 Å². The zero-order valence-corrected chi connectivity index (χ0v) is 15.9. The summed E-state index contributed by atoms with van der Waals surface area (Å²) in [7, 11) is 0. The molecule has 2 aromatic heterocycles. The number of rotatable bonds is 6. The van der Waals surface area contributed by atoms with Crippen LogP contribution >= 0.6 is 0 Å². The van der Waals surface area contributed by atoms with E-state index in [0.717, 1.165) is 5.56 Å². The number of aliphatic hydroxyl groups is 1. The summed E-state index contributed by atoms with van der Waals surface area (Å²) in [5, 5.41) is 20.3. The first-order valence-corrected chi connectivity index (χ1v) is 9.38. The smallest absolute Gasteiger partial charge is 0.270 e. The standard InChI is InChI=1S/C23H19FN4O2/c24-17-8-4-5-15(11-17)9-10-19-18-12-20(25-13-21(18)28-27-19)23(30)26-22(14-29)16-6-2-1-3-7-16/h1-13,22,29H,14H2,(H,26,30)(H,27,28)/t22-/m1/s1. The van der Waals surface area contributed by atoms with Crippen molar-refractivity contribution in [3.63, 3.8) is 0 Å². The number of carbonyl (C=O) groups is 1. The van der Waals surface area contributed by atoms with E-state index in [1.807, 2.05) is 30.3 Å². The number of fused-ring (bicyclic) bond motifs is 1. The molecule has 0 fully saturated rings. The number of aromatic nitrogens is 3. The van der Waals surface area contributed by atoms with Gasteiger partial charge in [-0.1, -0.05) is 48.5 Å². The Morgan fingerprint density at radius 2 is 1.97 bits per heavy atom. The molecule has 1 amide bonds. The lowest BCUT2D eigenvalue weighted by Crippen LogP contribution is -2.31. The largest absolute Gasteiger partial charge is 0.394 e. The number of nitrogens with zero attached hydrogens (tertiary/aromatic N) is 2. The molecule has 0 bridgehead atoms. The molecule has 0 spiro atoms. The molecule has 4 rings (SSSR count). The van der Waals surface area contributed by atoms with E-state index in [4.69, 9.17) is 0 Å². The Morgan fingerprint density at radius 1 is 1.13 bits per heavy atom. The summed E-state index contributed by atoms with van der Waals surface area (Å²) in [6.07, 6.45) is 5.03. The Balaban J connectivity index is 1.58. The topological polar surface area (TPSA) is 90.9 Å². The quantitative estimate of drug-likeness (QED) is 0.458. The highest BCUT2D eigenvalue weighted by Gasteiger charge is 2.17. The number of hydrogen-bond acceptors (Lipinski definition) is 4. The molecule has 7 heteroatoms. The molecule has 0 saturated heterocycles. The molecule has 0 saturated carbocycles. The number of aromatic amines is 1. The maximum atomic E-state index is 13.4. The van der Waals surface area contributed by atoms with Gasteiger partial charge in [-0.25, -0.2) is 9.37 Å². The highest BCUT2D eigenvalue weighted by atomic mass is 19.1. The number of aliphatic hydroxyl groups excluding tert-OH is 1. The lowest BCUT2D eigenvalue weighted by molar-refractivity contribution is 0.0911. The van der Waals surface area contributed by atoms with Gasteiger partial charge in [0.1, 0.15) is 11.5 Å².